The van der Waals surface area contributed by atoms with Crippen LogP contribution in [-0.4, -0.2) is 56.5 Å². The molecule has 1 aliphatic heterocycles. The summed E-state index contributed by atoms with van der Waals surface area (Å²) in [6, 6.07) is 6.05. The number of benzene rings is 1. The predicted molar refractivity (Wildman–Crippen MR) is 135 cm³/mol. The fourth-order valence-electron chi connectivity index (χ4n) is 5.44. The quantitative estimate of drug-likeness (QED) is 0.521. The van der Waals surface area contributed by atoms with Gasteiger partial charge >= 0.3 is 0 Å². The highest BCUT2D eigenvalue weighted by Gasteiger charge is 2.50. The van der Waals surface area contributed by atoms with Gasteiger partial charge in [0.2, 0.25) is 11.3 Å². The first-order chi connectivity index (χ1) is 17.6. The van der Waals surface area contributed by atoms with E-state index in [-0.39, 0.29) is 28.9 Å². The maximum atomic E-state index is 13.4. The molecule has 3 N–H and O–H groups in total. The lowest BCUT2D eigenvalue weighted by Gasteiger charge is -2.55. The number of halogens is 1. The summed E-state index contributed by atoms with van der Waals surface area (Å²) in [6.07, 6.45) is 4.88. The number of rotatable bonds is 5. The van der Waals surface area contributed by atoms with E-state index in [4.69, 9.17) is 5.73 Å². The van der Waals surface area contributed by atoms with E-state index in [1.165, 1.54) is 34.3 Å². The third-order valence-electron chi connectivity index (χ3n) is 7.58. The second-order valence-electron chi connectivity index (χ2n) is 9.70. The van der Waals surface area contributed by atoms with Crippen LogP contribution in [0.2, 0.25) is 0 Å². The lowest BCUT2D eigenvalue weighted by molar-refractivity contribution is -0.119. The van der Waals surface area contributed by atoms with Gasteiger partial charge in [0.25, 0.3) is 5.91 Å². The minimum Gasteiger partial charge on any atom is -0.502 e. The minimum atomic E-state index is -0.702. The minimum absolute atomic E-state index is 0.111. The molecule has 0 radical (unpaired) electrons. The summed E-state index contributed by atoms with van der Waals surface area (Å²) >= 11 is 1.20. The highest BCUT2D eigenvalue weighted by atomic mass is 32.1. The molecule has 0 bridgehead atoms. The Morgan fingerprint density at radius 3 is 2.51 bits per heavy atom. The number of carbonyl (C=O) groups is 2. The van der Waals surface area contributed by atoms with Crippen molar-refractivity contribution in [2.24, 2.45) is 11.7 Å². The van der Waals surface area contributed by atoms with Gasteiger partial charge in [0.05, 0.1) is 5.56 Å². The lowest BCUT2D eigenvalue weighted by atomic mass is 9.78. The smallest absolute Gasteiger partial charge is 0.278 e. The summed E-state index contributed by atoms with van der Waals surface area (Å²) in [5.74, 6) is -1.62. The molecule has 1 saturated carbocycles. The number of pyridine rings is 1. The van der Waals surface area contributed by atoms with Gasteiger partial charge in [-0.1, -0.05) is 23.5 Å². The largest absolute Gasteiger partial charge is 0.502 e. The highest BCUT2D eigenvalue weighted by Crippen LogP contribution is 2.42. The fourth-order valence-corrected chi connectivity index (χ4v) is 6.32. The monoisotopic (exact) mass is 526 g/mol. The summed E-state index contributed by atoms with van der Waals surface area (Å²) in [6.45, 7) is 0. The second kappa shape index (κ2) is 9.25. The Labute approximate surface area is 216 Å². The van der Waals surface area contributed by atoms with Crippen molar-refractivity contribution in [3.63, 3.8) is 0 Å². The second-order valence-corrected chi connectivity index (χ2v) is 10.8. The highest BCUT2D eigenvalue weighted by molar-refractivity contribution is 7.14. The molecule has 1 spiro atoms. The van der Waals surface area contributed by atoms with Crippen LogP contribution in [0.5, 0.6) is 5.75 Å². The average molecular weight is 527 g/mol. The molecular formula is C25H27FN6O4S. The molecule has 1 aliphatic carbocycles. The van der Waals surface area contributed by atoms with Gasteiger partial charge in [0, 0.05) is 33.1 Å². The summed E-state index contributed by atoms with van der Waals surface area (Å²) < 4.78 is 14.8. The van der Waals surface area contributed by atoms with Crippen molar-refractivity contribution >= 4 is 23.2 Å². The van der Waals surface area contributed by atoms with E-state index in [2.05, 4.69) is 10.2 Å². The topological polar surface area (TPSA) is 135 Å². The zero-order valence-corrected chi connectivity index (χ0v) is 21.3. The molecule has 2 amide bonds. The van der Waals surface area contributed by atoms with Crippen molar-refractivity contribution < 1.29 is 19.1 Å². The number of hydrogen-bond acceptors (Lipinski definition) is 8. The number of amides is 2. The van der Waals surface area contributed by atoms with Gasteiger partial charge in [-0.25, -0.2) is 4.39 Å². The van der Waals surface area contributed by atoms with Crippen LogP contribution in [-0.2, 0) is 11.2 Å². The van der Waals surface area contributed by atoms with Crippen LogP contribution >= 0.6 is 11.3 Å². The van der Waals surface area contributed by atoms with Crippen molar-refractivity contribution in [1.82, 2.24) is 19.8 Å². The molecule has 1 fully saturated rings. The Kier molecular flexibility index (Phi) is 6.22. The van der Waals surface area contributed by atoms with Crippen LogP contribution in [0, 0.1) is 11.7 Å². The molecule has 3 aromatic rings. The SMILES string of the molecule is CN1C(=O)c2c(O)c(=O)c(-c3nnc(Cc4ccc(F)cc4)s3)cn2N(C)C12CCC(CC(N)=O)CC2. The zero-order valence-electron chi connectivity index (χ0n) is 20.5. The van der Waals surface area contributed by atoms with E-state index in [1.807, 2.05) is 12.1 Å². The van der Waals surface area contributed by atoms with Gasteiger partial charge in [0.15, 0.2) is 16.5 Å². The number of carbonyl (C=O) groups excluding carboxylic acids is 2. The van der Waals surface area contributed by atoms with Gasteiger partial charge in [-0.2, -0.15) is 0 Å². The number of nitrogens with zero attached hydrogens (tertiary/aromatic N) is 5. The van der Waals surface area contributed by atoms with E-state index >= 15 is 0 Å². The molecule has 194 valence electrons. The van der Waals surface area contributed by atoms with Crippen molar-refractivity contribution in [3.8, 4) is 16.3 Å². The Bertz CT molecular complexity index is 1430. The number of aromatic nitrogens is 3. The maximum Gasteiger partial charge on any atom is 0.278 e. The Morgan fingerprint density at radius 1 is 1.19 bits per heavy atom. The molecule has 1 aromatic carbocycles. The molecule has 37 heavy (non-hydrogen) atoms. The summed E-state index contributed by atoms with van der Waals surface area (Å²) in [7, 11) is 3.48. The number of fused-ring (bicyclic) bond motifs is 1. The number of hydrogen-bond donors (Lipinski definition) is 2. The van der Waals surface area contributed by atoms with Gasteiger partial charge in [0.1, 0.15) is 16.5 Å². The van der Waals surface area contributed by atoms with Crippen LogP contribution in [0.4, 0.5) is 4.39 Å². The van der Waals surface area contributed by atoms with E-state index < -0.39 is 22.7 Å². The van der Waals surface area contributed by atoms with Crippen molar-refractivity contribution in [3.05, 3.63) is 62.8 Å². The fraction of sp³-hybridized carbons (Fsp3) is 0.400. The van der Waals surface area contributed by atoms with Crippen molar-refractivity contribution in [1.29, 1.82) is 0 Å². The van der Waals surface area contributed by atoms with E-state index in [1.54, 1.807) is 24.1 Å². The van der Waals surface area contributed by atoms with E-state index in [0.29, 0.717) is 48.5 Å². The van der Waals surface area contributed by atoms with Gasteiger partial charge in [-0.05, 0) is 49.3 Å². The van der Waals surface area contributed by atoms with Crippen LogP contribution in [0.1, 0.15) is 53.2 Å². The van der Waals surface area contributed by atoms with Gasteiger partial charge in [-0.15, -0.1) is 10.2 Å². The van der Waals surface area contributed by atoms with Crippen LogP contribution in [0.15, 0.2) is 35.3 Å². The molecule has 3 heterocycles. The van der Waals surface area contributed by atoms with Gasteiger partial charge in [-0.3, -0.25) is 24.1 Å². The van der Waals surface area contributed by atoms with Crippen LogP contribution in [0.25, 0.3) is 10.6 Å². The Balaban J connectivity index is 1.49. The van der Waals surface area contributed by atoms with Crippen molar-refractivity contribution in [2.45, 2.75) is 44.2 Å². The maximum absolute atomic E-state index is 13.4. The molecule has 0 unspecified atom stereocenters. The normalized spacial score (nSPS) is 21.4. The lowest BCUT2D eigenvalue weighted by Crippen LogP contribution is -2.69. The van der Waals surface area contributed by atoms with Crippen molar-refractivity contribution in [2.75, 3.05) is 19.1 Å². The number of primary amides is 1. The molecule has 5 rings (SSSR count). The zero-order chi connectivity index (χ0) is 26.5. The molecule has 0 saturated heterocycles. The molecule has 2 aliphatic rings. The predicted octanol–water partition coefficient (Wildman–Crippen LogP) is 2.22. The molecule has 0 atom stereocenters. The van der Waals surface area contributed by atoms with Crippen LogP contribution in [0.3, 0.4) is 0 Å². The summed E-state index contributed by atoms with van der Waals surface area (Å²) in [4.78, 5) is 39.5. The third-order valence-corrected chi connectivity index (χ3v) is 8.54. The standard InChI is InChI=1S/C25H27FN6O4S/c1-30-24(36)20-22(35)21(34)17(23-29-28-19(37-23)12-14-3-5-16(26)6-4-14)13-32(20)31(2)25(30)9-7-15(8-10-25)11-18(27)33/h3-6,13,15,35H,7-12H2,1-2H3,(H2,27,33). The third kappa shape index (κ3) is 4.24. The van der Waals surface area contributed by atoms with E-state index in [0.717, 1.165) is 5.56 Å². The molecule has 10 nitrogen and oxygen atoms in total. The Hall–Kier alpha value is -3.80. The molecule has 2 aromatic heterocycles. The van der Waals surface area contributed by atoms with Crippen LogP contribution < -0.4 is 16.2 Å². The first-order valence-electron chi connectivity index (χ1n) is 12.0. The number of aromatic hydroxyl groups is 1. The van der Waals surface area contributed by atoms with E-state index in [9.17, 15) is 23.9 Å². The Morgan fingerprint density at radius 2 is 1.86 bits per heavy atom. The first-order valence-corrected chi connectivity index (χ1v) is 12.8. The summed E-state index contributed by atoms with van der Waals surface area (Å²) in [5.41, 5.74) is 4.86. The average Bonchev–Trinajstić information content (AvgIpc) is 3.33. The molecular weight excluding hydrogens is 499 g/mol. The number of nitrogens with two attached hydrogens (primary N) is 1. The summed E-state index contributed by atoms with van der Waals surface area (Å²) in [5, 5.41) is 22.0. The first kappa shape index (κ1) is 24.9. The molecule has 12 heteroatoms. The van der Waals surface area contributed by atoms with Gasteiger partial charge < -0.3 is 15.7 Å².